The molecule has 0 saturated heterocycles. The van der Waals surface area contributed by atoms with E-state index < -0.39 is 0 Å². The normalized spacial score (nSPS) is 8.29. The lowest BCUT2D eigenvalue weighted by Crippen LogP contribution is -2.17. The van der Waals surface area contributed by atoms with Crippen LogP contribution in [0.2, 0.25) is 0 Å². The molecule has 0 bridgehead atoms. The largest absolute Gasteiger partial charge is 0.348 e. The molecule has 0 rings (SSSR count). The number of amides is 1. The molecule has 0 atom stereocenters. The van der Waals surface area contributed by atoms with Crippen molar-refractivity contribution in [3.05, 3.63) is 0 Å². The fourth-order valence-corrected chi connectivity index (χ4v) is 0.947. The summed E-state index contributed by atoms with van der Waals surface area (Å²) in [5, 5.41) is 0. The third-order valence-electron chi connectivity index (χ3n) is 0.617. The standard InChI is InChI=1S/C4H8INO/c1-6(4-7)3-2-5/h4H,2-3H2,1H3. The molecule has 0 aliphatic rings. The number of rotatable bonds is 3. The van der Waals surface area contributed by atoms with Gasteiger partial charge >= 0.3 is 0 Å². The van der Waals surface area contributed by atoms with Gasteiger partial charge in [0.1, 0.15) is 0 Å². The van der Waals surface area contributed by atoms with Crippen LogP contribution in [-0.4, -0.2) is 29.3 Å². The molecule has 0 unspecified atom stereocenters. The van der Waals surface area contributed by atoms with E-state index >= 15 is 0 Å². The Kier molecular flexibility index (Phi) is 4.49. The highest BCUT2D eigenvalue weighted by molar-refractivity contribution is 14.1. The van der Waals surface area contributed by atoms with Gasteiger partial charge in [0, 0.05) is 18.0 Å². The Morgan fingerprint density at radius 1 is 1.86 bits per heavy atom. The monoisotopic (exact) mass is 213 g/mol. The average Bonchev–Trinajstić information content (AvgIpc) is 1.68. The maximum absolute atomic E-state index is 9.82. The van der Waals surface area contributed by atoms with E-state index in [-0.39, 0.29) is 0 Å². The van der Waals surface area contributed by atoms with E-state index in [2.05, 4.69) is 22.6 Å². The Balaban J connectivity index is 2.98. The number of hydrogen-bond donors (Lipinski definition) is 0. The molecule has 0 spiro atoms. The molecule has 0 radical (unpaired) electrons. The quantitative estimate of drug-likeness (QED) is 0.380. The maximum atomic E-state index is 9.82. The molecule has 0 aromatic heterocycles. The van der Waals surface area contributed by atoms with Crippen LogP contribution in [0.4, 0.5) is 0 Å². The molecular formula is C4H8INO. The van der Waals surface area contributed by atoms with Gasteiger partial charge in [-0.2, -0.15) is 0 Å². The van der Waals surface area contributed by atoms with Gasteiger partial charge in [0.05, 0.1) is 0 Å². The maximum Gasteiger partial charge on any atom is 0.209 e. The summed E-state index contributed by atoms with van der Waals surface area (Å²) in [6, 6.07) is 0. The molecule has 0 aliphatic carbocycles. The lowest BCUT2D eigenvalue weighted by molar-refractivity contribution is -0.116. The number of halogens is 1. The molecule has 1 amide bonds. The Morgan fingerprint density at radius 2 is 2.43 bits per heavy atom. The van der Waals surface area contributed by atoms with E-state index in [9.17, 15) is 4.79 Å². The summed E-state index contributed by atoms with van der Waals surface area (Å²) in [5.74, 6) is 0. The van der Waals surface area contributed by atoms with E-state index in [0.717, 1.165) is 17.4 Å². The van der Waals surface area contributed by atoms with Gasteiger partial charge in [-0.25, -0.2) is 0 Å². The smallest absolute Gasteiger partial charge is 0.209 e. The van der Waals surface area contributed by atoms with E-state index in [4.69, 9.17) is 0 Å². The zero-order chi connectivity index (χ0) is 5.70. The fourth-order valence-electron chi connectivity index (χ4n) is 0.186. The summed E-state index contributed by atoms with van der Waals surface area (Å²) >= 11 is 2.23. The molecular weight excluding hydrogens is 205 g/mol. The lowest BCUT2D eigenvalue weighted by Gasteiger charge is -2.04. The van der Waals surface area contributed by atoms with Gasteiger partial charge in [0.2, 0.25) is 6.41 Å². The lowest BCUT2D eigenvalue weighted by atomic mass is 10.7. The zero-order valence-electron chi connectivity index (χ0n) is 4.22. The summed E-state index contributed by atoms with van der Waals surface area (Å²) in [6.07, 6.45) is 0.832. The van der Waals surface area contributed by atoms with Gasteiger partial charge in [-0.15, -0.1) is 0 Å². The van der Waals surface area contributed by atoms with Gasteiger partial charge < -0.3 is 4.90 Å². The molecule has 0 aromatic carbocycles. The first-order chi connectivity index (χ1) is 3.31. The molecule has 7 heavy (non-hydrogen) atoms. The van der Waals surface area contributed by atoms with Crippen molar-refractivity contribution >= 4 is 29.0 Å². The van der Waals surface area contributed by atoms with Crippen molar-refractivity contribution in [1.82, 2.24) is 4.90 Å². The minimum absolute atomic E-state index is 0.832. The number of carbonyl (C=O) groups excluding carboxylic acids is 1. The molecule has 42 valence electrons. The number of nitrogens with zero attached hydrogens (tertiary/aromatic N) is 1. The topological polar surface area (TPSA) is 20.3 Å². The van der Waals surface area contributed by atoms with Crippen molar-refractivity contribution < 1.29 is 4.79 Å². The van der Waals surface area contributed by atoms with Gasteiger partial charge in [-0.1, -0.05) is 22.6 Å². The number of carbonyl (C=O) groups is 1. The Morgan fingerprint density at radius 3 is 2.57 bits per heavy atom. The molecule has 0 fully saturated rings. The minimum Gasteiger partial charge on any atom is -0.348 e. The Labute approximate surface area is 57.0 Å². The zero-order valence-corrected chi connectivity index (χ0v) is 6.38. The Bertz CT molecular complexity index is 57.7. The summed E-state index contributed by atoms with van der Waals surface area (Å²) in [7, 11) is 1.77. The van der Waals surface area contributed by atoms with Gasteiger partial charge in [0.15, 0.2) is 0 Å². The SMILES string of the molecule is CN(C=O)CCI. The number of alkyl halides is 1. The fraction of sp³-hybridized carbons (Fsp3) is 0.750. The molecule has 0 saturated carbocycles. The third-order valence-corrected chi connectivity index (χ3v) is 1.10. The van der Waals surface area contributed by atoms with E-state index in [1.54, 1.807) is 11.9 Å². The van der Waals surface area contributed by atoms with Crippen LogP contribution in [0.3, 0.4) is 0 Å². The molecule has 0 N–H and O–H groups in total. The van der Waals surface area contributed by atoms with Crippen molar-refractivity contribution in [1.29, 1.82) is 0 Å². The predicted molar refractivity (Wildman–Crippen MR) is 37.6 cm³/mol. The summed E-state index contributed by atoms with van der Waals surface area (Å²) < 4.78 is 1.01. The van der Waals surface area contributed by atoms with Gasteiger partial charge in [-0.05, 0) is 0 Å². The minimum atomic E-state index is 0.832. The van der Waals surface area contributed by atoms with Gasteiger partial charge in [-0.3, -0.25) is 4.79 Å². The van der Waals surface area contributed by atoms with Gasteiger partial charge in [0.25, 0.3) is 0 Å². The second kappa shape index (κ2) is 4.36. The van der Waals surface area contributed by atoms with Crippen LogP contribution < -0.4 is 0 Å². The van der Waals surface area contributed by atoms with Crippen LogP contribution in [-0.2, 0) is 4.79 Å². The highest BCUT2D eigenvalue weighted by Crippen LogP contribution is 1.81. The molecule has 0 aliphatic heterocycles. The molecule has 0 aromatic rings. The van der Waals surface area contributed by atoms with Crippen LogP contribution in [0.1, 0.15) is 0 Å². The summed E-state index contributed by atoms with van der Waals surface area (Å²) in [5.41, 5.74) is 0. The Hall–Kier alpha value is 0.200. The van der Waals surface area contributed by atoms with E-state index in [0.29, 0.717) is 0 Å². The van der Waals surface area contributed by atoms with Crippen LogP contribution in [0.15, 0.2) is 0 Å². The molecule has 3 heteroatoms. The van der Waals surface area contributed by atoms with Crippen LogP contribution in [0.25, 0.3) is 0 Å². The summed E-state index contributed by atoms with van der Waals surface area (Å²) in [4.78, 5) is 11.4. The molecule has 2 nitrogen and oxygen atoms in total. The third kappa shape index (κ3) is 4.04. The van der Waals surface area contributed by atoms with E-state index in [1.165, 1.54) is 0 Å². The second-order valence-corrected chi connectivity index (χ2v) is 2.35. The second-order valence-electron chi connectivity index (χ2n) is 1.27. The van der Waals surface area contributed by atoms with Crippen molar-refractivity contribution in [3.8, 4) is 0 Å². The van der Waals surface area contributed by atoms with Crippen molar-refractivity contribution in [3.63, 3.8) is 0 Å². The predicted octanol–water partition coefficient (Wildman–Crippen LogP) is 0.510. The van der Waals surface area contributed by atoms with Crippen LogP contribution in [0.5, 0.6) is 0 Å². The first kappa shape index (κ1) is 7.20. The van der Waals surface area contributed by atoms with Crippen molar-refractivity contribution in [2.75, 3.05) is 18.0 Å². The average molecular weight is 213 g/mol. The number of hydrogen-bond acceptors (Lipinski definition) is 1. The first-order valence-electron chi connectivity index (χ1n) is 2.02. The van der Waals surface area contributed by atoms with Crippen molar-refractivity contribution in [2.24, 2.45) is 0 Å². The molecule has 0 heterocycles. The highest BCUT2D eigenvalue weighted by Gasteiger charge is 1.85. The first-order valence-corrected chi connectivity index (χ1v) is 3.55. The highest BCUT2D eigenvalue weighted by atomic mass is 127. The van der Waals surface area contributed by atoms with Crippen LogP contribution >= 0.6 is 22.6 Å². The van der Waals surface area contributed by atoms with E-state index in [1.807, 2.05) is 0 Å². The summed E-state index contributed by atoms with van der Waals surface area (Å²) in [6.45, 7) is 0.851. The van der Waals surface area contributed by atoms with Crippen LogP contribution in [0, 0.1) is 0 Å². The van der Waals surface area contributed by atoms with Crippen molar-refractivity contribution in [2.45, 2.75) is 0 Å².